The van der Waals surface area contributed by atoms with Gasteiger partial charge >= 0.3 is 0 Å². The molecule has 0 atom stereocenters. The van der Waals surface area contributed by atoms with Crippen molar-refractivity contribution in [2.75, 3.05) is 20.6 Å². The second-order valence-electron chi connectivity index (χ2n) is 2.94. The van der Waals surface area contributed by atoms with Crippen molar-refractivity contribution >= 4 is 11.3 Å². The van der Waals surface area contributed by atoms with Crippen LogP contribution in [0, 0.1) is 6.92 Å². The first kappa shape index (κ1) is 9.64. The number of aryl methyl sites for hydroxylation is 1. The molecule has 0 aromatic carbocycles. The molecule has 4 heteroatoms. The molecule has 0 radical (unpaired) electrons. The number of hydrogen-bond acceptors (Lipinski definition) is 4. The Labute approximate surface area is 77.4 Å². The molecule has 0 saturated heterocycles. The molecule has 1 rings (SSSR count). The highest BCUT2D eigenvalue weighted by atomic mass is 32.1. The average Bonchev–Trinajstić information content (AvgIpc) is 2.35. The highest BCUT2D eigenvalue weighted by Gasteiger charge is 1.97. The summed E-state index contributed by atoms with van der Waals surface area (Å²) in [6, 6.07) is 0. The summed E-state index contributed by atoms with van der Waals surface area (Å²) in [5.74, 6) is 0. The van der Waals surface area contributed by atoms with Gasteiger partial charge in [-0.1, -0.05) is 0 Å². The van der Waals surface area contributed by atoms with Gasteiger partial charge in [0.2, 0.25) is 0 Å². The quantitative estimate of drug-likeness (QED) is 0.711. The van der Waals surface area contributed by atoms with E-state index >= 15 is 0 Å². The number of rotatable bonds is 4. The molecule has 68 valence electrons. The van der Waals surface area contributed by atoms with Crippen LogP contribution in [0.1, 0.15) is 10.7 Å². The van der Waals surface area contributed by atoms with Crippen molar-refractivity contribution in [3.8, 4) is 0 Å². The molecule has 1 N–H and O–H groups in total. The summed E-state index contributed by atoms with van der Waals surface area (Å²) in [7, 11) is 3.99. The van der Waals surface area contributed by atoms with E-state index in [-0.39, 0.29) is 0 Å². The molecule has 0 aliphatic rings. The zero-order valence-electron chi connectivity index (χ0n) is 7.79. The van der Waals surface area contributed by atoms with Gasteiger partial charge in [-0.05, 0) is 6.92 Å². The topological polar surface area (TPSA) is 28.2 Å². The van der Waals surface area contributed by atoms with E-state index in [1.54, 1.807) is 11.3 Å². The minimum atomic E-state index is 0.958. The van der Waals surface area contributed by atoms with E-state index in [2.05, 4.69) is 15.8 Å². The number of aromatic nitrogens is 1. The molecular formula is C8H15N3S. The molecule has 1 aromatic rings. The monoisotopic (exact) mass is 185 g/mol. The summed E-state index contributed by atoms with van der Waals surface area (Å²) in [5.41, 5.74) is 4.33. The van der Waals surface area contributed by atoms with Crippen molar-refractivity contribution in [2.24, 2.45) is 0 Å². The molecule has 0 unspecified atom stereocenters. The molecular weight excluding hydrogens is 170 g/mol. The second-order valence-corrected chi connectivity index (χ2v) is 3.88. The zero-order valence-corrected chi connectivity index (χ0v) is 8.61. The Bertz CT molecular complexity index is 232. The van der Waals surface area contributed by atoms with E-state index in [0.29, 0.717) is 0 Å². The van der Waals surface area contributed by atoms with E-state index in [4.69, 9.17) is 0 Å². The van der Waals surface area contributed by atoms with E-state index in [1.807, 2.05) is 26.0 Å². The lowest BCUT2D eigenvalue weighted by Crippen LogP contribution is -2.31. The van der Waals surface area contributed by atoms with Crippen LogP contribution in [0.5, 0.6) is 0 Å². The van der Waals surface area contributed by atoms with Gasteiger partial charge in [-0.15, -0.1) is 11.3 Å². The predicted molar refractivity (Wildman–Crippen MR) is 52.2 cm³/mol. The maximum Gasteiger partial charge on any atom is 0.0941 e. The van der Waals surface area contributed by atoms with Gasteiger partial charge in [-0.3, -0.25) is 10.4 Å². The van der Waals surface area contributed by atoms with Crippen LogP contribution in [0.4, 0.5) is 0 Å². The molecule has 0 bridgehead atoms. The summed E-state index contributed by atoms with van der Waals surface area (Å²) >= 11 is 1.73. The number of nitrogens with one attached hydrogen (secondary N) is 1. The first-order chi connectivity index (χ1) is 5.68. The molecule has 0 fully saturated rings. The van der Waals surface area contributed by atoms with E-state index in [9.17, 15) is 0 Å². The Balaban J connectivity index is 2.24. The molecule has 1 heterocycles. The molecule has 12 heavy (non-hydrogen) atoms. The molecule has 0 aliphatic heterocycles. The summed E-state index contributed by atoms with van der Waals surface area (Å²) < 4.78 is 0. The Morgan fingerprint density at radius 2 is 2.33 bits per heavy atom. The molecule has 1 aromatic heterocycles. The van der Waals surface area contributed by atoms with E-state index in [1.165, 1.54) is 5.01 Å². The van der Waals surface area contributed by atoms with Crippen LogP contribution in [-0.2, 0) is 6.42 Å². The standard InChI is InChI=1S/C8H15N3S/c1-7-6-12-8(10-7)4-5-9-11(2)3/h6,9H,4-5H2,1-3H3. The van der Waals surface area contributed by atoms with Gasteiger partial charge in [0.1, 0.15) is 0 Å². The summed E-state index contributed by atoms with van der Waals surface area (Å²) in [6.07, 6.45) is 1.01. The van der Waals surface area contributed by atoms with Crippen molar-refractivity contribution in [1.82, 2.24) is 15.4 Å². The number of hydrazine groups is 1. The third-order valence-electron chi connectivity index (χ3n) is 1.43. The Morgan fingerprint density at radius 3 is 2.83 bits per heavy atom. The third-order valence-corrected chi connectivity index (χ3v) is 2.46. The molecule has 3 nitrogen and oxygen atoms in total. The SMILES string of the molecule is Cc1csc(CCNN(C)C)n1. The fourth-order valence-corrected chi connectivity index (χ4v) is 1.68. The minimum absolute atomic E-state index is 0.958. The van der Waals surface area contributed by atoms with Crippen molar-refractivity contribution in [1.29, 1.82) is 0 Å². The highest BCUT2D eigenvalue weighted by Crippen LogP contribution is 2.08. The minimum Gasteiger partial charge on any atom is -0.255 e. The van der Waals surface area contributed by atoms with Crippen LogP contribution in [0.15, 0.2) is 5.38 Å². The van der Waals surface area contributed by atoms with Crippen LogP contribution < -0.4 is 5.43 Å². The smallest absolute Gasteiger partial charge is 0.0941 e. The lowest BCUT2D eigenvalue weighted by atomic mass is 10.4. The van der Waals surface area contributed by atoms with Crippen molar-refractivity contribution in [2.45, 2.75) is 13.3 Å². The first-order valence-corrected chi connectivity index (χ1v) is 4.88. The van der Waals surface area contributed by atoms with E-state index < -0.39 is 0 Å². The van der Waals surface area contributed by atoms with Gasteiger partial charge in [-0.25, -0.2) is 4.98 Å². The molecule has 0 amide bonds. The Morgan fingerprint density at radius 1 is 1.58 bits per heavy atom. The van der Waals surface area contributed by atoms with E-state index in [0.717, 1.165) is 18.7 Å². The maximum absolute atomic E-state index is 4.37. The van der Waals surface area contributed by atoms with Crippen LogP contribution >= 0.6 is 11.3 Å². The fourth-order valence-electron chi connectivity index (χ4n) is 0.904. The molecule has 0 spiro atoms. The van der Waals surface area contributed by atoms with Crippen LogP contribution in [0.2, 0.25) is 0 Å². The average molecular weight is 185 g/mol. The molecule has 0 aliphatic carbocycles. The van der Waals surface area contributed by atoms with Gasteiger partial charge in [-0.2, -0.15) is 0 Å². The maximum atomic E-state index is 4.37. The lowest BCUT2D eigenvalue weighted by Gasteiger charge is -2.09. The summed E-state index contributed by atoms with van der Waals surface area (Å²) in [6.45, 7) is 2.99. The van der Waals surface area contributed by atoms with Crippen molar-refractivity contribution < 1.29 is 0 Å². The predicted octanol–water partition coefficient (Wildman–Crippen LogP) is 1.06. The Hall–Kier alpha value is -0.450. The fraction of sp³-hybridized carbons (Fsp3) is 0.625. The highest BCUT2D eigenvalue weighted by molar-refractivity contribution is 7.09. The van der Waals surface area contributed by atoms with Gasteiger partial charge in [0.15, 0.2) is 0 Å². The van der Waals surface area contributed by atoms with Gasteiger partial charge in [0.05, 0.1) is 5.01 Å². The Kier molecular flexibility index (Phi) is 3.65. The van der Waals surface area contributed by atoms with Gasteiger partial charge < -0.3 is 0 Å². The summed E-state index contributed by atoms with van der Waals surface area (Å²) in [4.78, 5) is 4.37. The lowest BCUT2D eigenvalue weighted by molar-refractivity contribution is 0.292. The largest absolute Gasteiger partial charge is 0.255 e. The van der Waals surface area contributed by atoms with Gasteiger partial charge in [0, 0.05) is 38.1 Å². The number of hydrogen-bond donors (Lipinski definition) is 1. The first-order valence-electron chi connectivity index (χ1n) is 4.00. The van der Waals surface area contributed by atoms with Crippen LogP contribution in [0.3, 0.4) is 0 Å². The van der Waals surface area contributed by atoms with Gasteiger partial charge in [0.25, 0.3) is 0 Å². The van der Waals surface area contributed by atoms with Crippen LogP contribution in [-0.4, -0.2) is 30.6 Å². The third kappa shape index (κ3) is 3.30. The van der Waals surface area contributed by atoms with Crippen molar-refractivity contribution in [3.05, 3.63) is 16.1 Å². The second kappa shape index (κ2) is 4.54. The zero-order chi connectivity index (χ0) is 8.97. The number of thiazole rings is 1. The number of nitrogens with zero attached hydrogens (tertiary/aromatic N) is 2. The molecule has 0 saturated carbocycles. The van der Waals surface area contributed by atoms with Crippen molar-refractivity contribution in [3.63, 3.8) is 0 Å². The summed E-state index contributed by atoms with van der Waals surface area (Å²) in [5, 5.41) is 5.26. The van der Waals surface area contributed by atoms with Crippen LogP contribution in [0.25, 0.3) is 0 Å². The normalized spacial score (nSPS) is 11.0.